The highest BCUT2D eigenvalue weighted by Crippen LogP contribution is 2.22. The molecule has 0 saturated carbocycles. The Labute approximate surface area is 117 Å². The molecule has 0 aliphatic heterocycles. The van der Waals surface area contributed by atoms with E-state index in [1.54, 1.807) is 23.0 Å². The lowest BCUT2D eigenvalue weighted by molar-refractivity contribution is -0.385. The molecule has 0 atom stereocenters. The summed E-state index contributed by atoms with van der Waals surface area (Å²) in [6, 6.07) is 4.88. The minimum Gasteiger partial charge on any atom is -0.320 e. The van der Waals surface area contributed by atoms with Crippen molar-refractivity contribution in [3.05, 3.63) is 50.5 Å². The lowest BCUT2D eigenvalue weighted by Gasteiger charge is -2.06. The van der Waals surface area contributed by atoms with E-state index in [1.807, 2.05) is 7.05 Å². The van der Waals surface area contributed by atoms with Crippen molar-refractivity contribution in [3.8, 4) is 0 Å². The van der Waals surface area contributed by atoms with Crippen LogP contribution in [-0.4, -0.2) is 19.7 Å². The van der Waals surface area contributed by atoms with Crippen molar-refractivity contribution in [1.82, 2.24) is 20.1 Å². The van der Waals surface area contributed by atoms with Gasteiger partial charge in [-0.2, -0.15) is 0 Å². The van der Waals surface area contributed by atoms with E-state index in [-0.39, 0.29) is 10.6 Å². The molecule has 0 spiro atoms. The molecule has 0 amide bonds. The first-order valence-corrected chi connectivity index (χ1v) is 6.33. The highest BCUT2D eigenvalue weighted by Gasteiger charge is 2.13. The number of aryl methyl sites for hydroxylation is 1. The number of nitro benzene ring substituents is 1. The lowest BCUT2D eigenvalue weighted by Crippen LogP contribution is -2.16. The number of aromatic nitrogens is 3. The average molecular weight is 326 g/mol. The third-order valence-corrected chi connectivity index (χ3v) is 3.14. The Morgan fingerprint density at radius 2 is 2.26 bits per heavy atom. The maximum atomic E-state index is 10.9. The average Bonchev–Trinajstić information content (AvgIpc) is 2.75. The summed E-state index contributed by atoms with van der Waals surface area (Å²) < 4.78 is 2.61. The van der Waals surface area contributed by atoms with Crippen molar-refractivity contribution >= 4 is 21.6 Å². The first-order valence-electron chi connectivity index (χ1n) is 5.54. The molecular formula is C11H12BrN5O2. The van der Waals surface area contributed by atoms with E-state index < -0.39 is 0 Å². The number of nitro groups is 1. The second-order valence-corrected chi connectivity index (χ2v) is 4.91. The predicted molar refractivity (Wildman–Crippen MR) is 72.3 cm³/mol. The van der Waals surface area contributed by atoms with Crippen LogP contribution in [0, 0.1) is 10.1 Å². The zero-order valence-electron chi connectivity index (χ0n) is 10.2. The summed E-state index contributed by atoms with van der Waals surface area (Å²) in [5.74, 6) is 0.776. The monoisotopic (exact) mass is 325 g/mol. The van der Waals surface area contributed by atoms with Crippen molar-refractivity contribution in [3.63, 3.8) is 0 Å². The van der Waals surface area contributed by atoms with Gasteiger partial charge in [-0.05, 0) is 12.1 Å². The predicted octanol–water partition coefficient (Wildman–Crippen LogP) is 1.78. The number of hydrogen-bond acceptors (Lipinski definition) is 5. The number of nitrogens with one attached hydrogen (secondary N) is 1. The lowest BCUT2D eigenvalue weighted by atomic mass is 10.2. The van der Waals surface area contributed by atoms with Gasteiger partial charge in [0.15, 0.2) is 0 Å². The van der Waals surface area contributed by atoms with E-state index in [2.05, 4.69) is 31.4 Å². The van der Waals surface area contributed by atoms with Gasteiger partial charge in [-0.1, -0.05) is 15.9 Å². The molecule has 0 aliphatic carbocycles. The van der Waals surface area contributed by atoms with Crippen LogP contribution in [0.4, 0.5) is 5.69 Å². The number of rotatable bonds is 5. The molecule has 100 valence electrons. The first-order chi connectivity index (χ1) is 9.08. The molecule has 0 unspecified atom stereocenters. The van der Waals surface area contributed by atoms with Crippen molar-refractivity contribution in [2.45, 2.75) is 13.1 Å². The van der Waals surface area contributed by atoms with Crippen LogP contribution in [0.25, 0.3) is 0 Å². The molecule has 2 rings (SSSR count). The Hall–Kier alpha value is -1.80. The highest BCUT2D eigenvalue weighted by molar-refractivity contribution is 9.10. The zero-order valence-corrected chi connectivity index (χ0v) is 11.8. The molecule has 1 N–H and O–H groups in total. The standard InChI is InChI=1S/C11H12BrN5O2/c1-16-7-14-15-11(16)6-13-5-8-4-9(12)2-3-10(8)17(18)19/h2-4,7,13H,5-6H2,1H3. The van der Waals surface area contributed by atoms with Gasteiger partial charge < -0.3 is 9.88 Å². The van der Waals surface area contributed by atoms with Gasteiger partial charge in [0.25, 0.3) is 5.69 Å². The second-order valence-electron chi connectivity index (χ2n) is 3.99. The molecule has 1 aromatic heterocycles. The number of benzene rings is 1. The van der Waals surface area contributed by atoms with Crippen LogP contribution in [0.15, 0.2) is 29.0 Å². The molecule has 7 nitrogen and oxygen atoms in total. The highest BCUT2D eigenvalue weighted by atomic mass is 79.9. The maximum Gasteiger partial charge on any atom is 0.273 e. The van der Waals surface area contributed by atoms with Gasteiger partial charge in [0.2, 0.25) is 0 Å². The van der Waals surface area contributed by atoms with Gasteiger partial charge in [-0.15, -0.1) is 10.2 Å². The zero-order chi connectivity index (χ0) is 13.8. The molecule has 19 heavy (non-hydrogen) atoms. The molecule has 0 saturated heterocycles. The molecule has 1 aromatic carbocycles. The topological polar surface area (TPSA) is 85.9 Å². The summed E-state index contributed by atoms with van der Waals surface area (Å²) in [5, 5.41) is 21.7. The van der Waals surface area contributed by atoms with Crippen LogP contribution in [0.2, 0.25) is 0 Å². The Balaban J connectivity index is 2.05. The molecule has 8 heteroatoms. The largest absolute Gasteiger partial charge is 0.320 e. The van der Waals surface area contributed by atoms with Gasteiger partial charge in [0.1, 0.15) is 12.2 Å². The fourth-order valence-corrected chi connectivity index (χ4v) is 2.06. The Morgan fingerprint density at radius 1 is 1.47 bits per heavy atom. The van der Waals surface area contributed by atoms with E-state index >= 15 is 0 Å². The quantitative estimate of drug-likeness (QED) is 0.668. The van der Waals surface area contributed by atoms with Crippen molar-refractivity contribution < 1.29 is 4.92 Å². The van der Waals surface area contributed by atoms with Crippen molar-refractivity contribution in [1.29, 1.82) is 0 Å². The number of nitrogens with zero attached hydrogens (tertiary/aromatic N) is 4. The second kappa shape index (κ2) is 5.89. The minimum atomic E-state index is -0.383. The third kappa shape index (κ3) is 3.36. The molecular weight excluding hydrogens is 314 g/mol. The van der Waals surface area contributed by atoms with Crippen LogP contribution < -0.4 is 5.32 Å². The third-order valence-electron chi connectivity index (χ3n) is 2.64. The van der Waals surface area contributed by atoms with E-state index in [9.17, 15) is 10.1 Å². The van der Waals surface area contributed by atoms with Crippen LogP contribution in [-0.2, 0) is 20.1 Å². The minimum absolute atomic E-state index is 0.105. The Kier molecular flexibility index (Phi) is 4.23. The molecule has 1 heterocycles. The normalized spacial score (nSPS) is 10.6. The maximum absolute atomic E-state index is 10.9. The van der Waals surface area contributed by atoms with Crippen LogP contribution in [0.3, 0.4) is 0 Å². The van der Waals surface area contributed by atoms with Crippen molar-refractivity contribution in [2.24, 2.45) is 7.05 Å². The summed E-state index contributed by atoms with van der Waals surface area (Å²) in [6.07, 6.45) is 1.61. The Morgan fingerprint density at radius 3 is 2.89 bits per heavy atom. The summed E-state index contributed by atoms with van der Waals surface area (Å²) >= 11 is 3.31. The molecule has 0 fully saturated rings. The van der Waals surface area contributed by atoms with Crippen molar-refractivity contribution in [2.75, 3.05) is 0 Å². The summed E-state index contributed by atoms with van der Waals surface area (Å²) in [6.45, 7) is 0.892. The van der Waals surface area contributed by atoms with Crippen LogP contribution in [0.1, 0.15) is 11.4 Å². The van der Waals surface area contributed by atoms with Gasteiger partial charge in [0, 0.05) is 29.7 Å². The first kappa shape index (κ1) is 13.6. The smallest absolute Gasteiger partial charge is 0.273 e. The molecule has 0 radical (unpaired) electrons. The van der Waals surface area contributed by atoms with E-state index in [4.69, 9.17) is 0 Å². The van der Waals surface area contributed by atoms with Crippen LogP contribution in [0.5, 0.6) is 0 Å². The number of hydrogen-bond donors (Lipinski definition) is 1. The SMILES string of the molecule is Cn1cnnc1CNCc1cc(Br)ccc1[N+](=O)[O-]. The van der Waals surface area contributed by atoms with E-state index in [1.165, 1.54) is 6.07 Å². The van der Waals surface area contributed by atoms with E-state index in [0.29, 0.717) is 18.7 Å². The van der Waals surface area contributed by atoms with Gasteiger partial charge >= 0.3 is 0 Å². The van der Waals surface area contributed by atoms with Gasteiger partial charge in [0.05, 0.1) is 11.5 Å². The van der Waals surface area contributed by atoms with Gasteiger partial charge in [-0.25, -0.2) is 0 Å². The molecule has 0 aliphatic rings. The summed E-state index contributed by atoms with van der Waals surface area (Å²) in [7, 11) is 1.85. The number of halogens is 1. The Bertz CT molecular complexity index is 599. The fraction of sp³-hybridized carbons (Fsp3) is 0.273. The molecule has 2 aromatic rings. The van der Waals surface area contributed by atoms with Gasteiger partial charge in [-0.3, -0.25) is 10.1 Å². The summed E-state index contributed by atoms with van der Waals surface area (Å²) in [5.41, 5.74) is 0.732. The summed E-state index contributed by atoms with van der Waals surface area (Å²) in [4.78, 5) is 10.5. The van der Waals surface area contributed by atoms with Crippen LogP contribution >= 0.6 is 15.9 Å². The van der Waals surface area contributed by atoms with E-state index in [0.717, 1.165) is 10.3 Å². The molecule has 0 bridgehead atoms. The fourth-order valence-electron chi connectivity index (χ4n) is 1.65.